The molecule has 0 unspecified atom stereocenters. The average Bonchev–Trinajstić information content (AvgIpc) is 3.36. The number of ether oxygens (including phenoxy) is 1. The van der Waals surface area contributed by atoms with E-state index in [0.29, 0.717) is 23.6 Å². The first-order valence-electron chi connectivity index (χ1n) is 10.2. The summed E-state index contributed by atoms with van der Waals surface area (Å²) in [5.74, 6) is -0.470. The molecule has 1 amide bonds. The number of carbonyl (C=O) groups is 2. The Balaban J connectivity index is 1.83. The fourth-order valence-electron chi connectivity index (χ4n) is 3.80. The summed E-state index contributed by atoms with van der Waals surface area (Å²) in [4.78, 5) is 45.9. The van der Waals surface area contributed by atoms with Crippen molar-refractivity contribution in [3.8, 4) is 0 Å². The second-order valence-electron chi connectivity index (χ2n) is 8.18. The molecular weight excluding hydrogens is 404 g/mol. The maximum absolute atomic E-state index is 13.1. The highest BCUT2D eigenvalue weighted by Gasteiger charge is 2.41. The van der Waals surface area contributed by atoms with Crippen LogP contribution in [0.4, 0.5) is 0 Å². The number of aliphatic hydroxyl groups excluding tert-OH is 1. The van der Waals surface area contributed by atoms with Crippen molar-refractivity contribution in [1.82, 2.24) is 29.9 Å². The zero-order chi connectivity index (χ0) is 22.9. The summed E-state index contributed by atoms with van der Waals surface area (Å²) < 4.78 is 6.45. The van der Waals surface area contributed by atoms with Gasteiger partial charge in [-0.1, -0.05) is 19.1 Å². The zero-order valence-corrected chi connectivity index (χ0v) is 18.3. The summed E-state index contributed by atoms with van der Waals surface area (Å²) in [6.07, 6.45) is 0.994. The molecule has 11 heteroatoms. The number of aryl methyl sites for hydroxylation is 2. The topological polar surface area (TPSA) is 143 Å². The highest BCUT2D eigenvalue weighted by Crippen LogP contribution is 2.29. The summed E-state index contributed by atoms with van der Waals surface area (Å²) >= 11 is 0. The highest BCUT2D eigenvalue weighted by molar-refractivity contribution is 5.86. The van der Waals surface area contributed by atoms with Crippen LogP contribution in [-0.2, 0) is 20.7 Å². The Morgan fingerprint density at radius 3 is 2.68 bits per heavy atom. The molecule has 2 aromatic heterocycles. The van der Waals surface area contributed by atoms with Crippen molar-refractivity contribution in [3.63, 3.8) is 0 Å². The molecule has 0 radical (unpaired) electrons. The third kappa shape index (κ3) is 4.66. The van der Waals surface area contributed by atoms with E-state index in [0.717, 1.165) is 0 Å². The van der Waals surface area contributed by atoms with Crippen LogP contribution < -0.4 is 5.56 Å². The van der Waals surface area contributed by atoms with Crippen molar-refractivity contribution < 1.29 is 19.4 Å². The number of likely N-dealkylation sites (tertiary alicyclic amines) is 1. The predicted octanol–water partition coefficient (Wildman–Crippen LogP) is 0.225. The summed E-state index contributed by atoms with van der Waals surface area (Å²) in [6.45, 7) is 7.29. The second kappa shape index (κ2) is 8.96. The maximum atomic E-state index is 13.1. The largest absolute Gasteiger partial charge is 0.467 e. The van der Waals surface area contributed by atoms with Gasteiger partial charge in [0.15, 0.2) is 0 Å². The van der Waals surface area contributed by atoms with E-state index < -0.39 is 18.1 Å². The molecule has 1 aliphatic rings. The number of methoxy groups -OCH3 is 1. The van der Waals surface area contributed by atoms with Gasteiger partial charge in [0.2, 0.25) is 5.91 Å². The predicted molar refractivity (Wildman–Crippen MR) is 109 cm³/mol. The van der Waals surface area contributed by atoms with Gasteiger partial charge in [-0.25, -0.2) is 14.5 Å². The highest BCUT2D eigenvalue weighted by atomic mass is 16.5. The van der Waals surface area contributed by atoms with E-state index in [9.17, 15) is 19.5 Å². The van der Waals surface area contributed by atoms with Crippen molar-refractivity contribution >= 4 is 11.9 Å². The number of carbonyl (C=O) groups excluding carboxylic acids is 2. The fourth-order valence-corrected chi connectivity index (χ4v) is 3.80. The van der Waals surface area contributed by atoms with Crippen LogP contribution in [0.25, 0.3) is 0 Å². The molecule has 3 heterocycles. The van der Waals surface area contributed by atoms with Gasteiger partial charge < -0.3 is 19.7 Å². The molecule has 11 nitrogen and oxygen atoms in total. The molecule has 1 saturated heterocycles. The Morgan fingerprint density at radius 1 is 1.35 bits per heavy atom. The number of aliphatic hydroxyl groups is 1. The molecular formula is C20H28N6O5. The maximum Gasteiger partial charge on any atom is 0.328 e. The number of aromatic amines is 1. The van der Waals surface area contributed by atoms with Gasteiger partial charge in [-0.05, 0) is 19.8 Å². The molecule has 0 saturated carbocycles. The number of H-pyrrole nitrogens is 1. The lowest BCUT2D eigenvalue weighted by molar-refractivity contribution is -0.150. The summed E-state index contributed by atoms with van der Waals surface area (Å²) in [5, 5.41) is 18.3. The standard InChI is InChI=1S/C20H28N6O5/c1-10(2)18(28)15-9-26(24-23-15)13-6-16(20(30)31-5)25(8-13)17(27)7-14-11(3)21-12(4)22-19(14)29/h9-10,13,16,18,28H,6-8H2,1-5H3,(H,21,22,29)/t13-,16-,18+/m0/s1. The Labute approximate surface area is 179 Å². The van der Waals surface area contributed by atoms with Crippen molar-refractivity contribution in [2.75, 3.05) is 13.7 Å². The molecule has 31 heavy (non-hydrogen) atoms. The minimum Gasteiger partial charge on any atom is -0.467 e. The molecule has 1 fully saturated rings. The Bertz CT molecular complexity index is 1030. The normalized spacial score (nSPS) is 19.6. The summed E-state index contributed by atoms with van der Waals surface area (Å²) in [6, 6.07) is -1.12. The summed E-state index contributed by atoms with van der Waals surface area (Å²) in [7, 11) is 1.27. The molecule has 0 spiro atoms. The lowest BCUT2D eigenvalue weighted by Crippen LogP contribution is -2.42. The van der Waals surface area contributed by atoms with Gasteiger partial charge in [0.1, 0.15) is 23.7 Å². The molecule has 1 aliphatic heterocycles. The number of rotatable bonds is 6. The molecule has 168 valence electrons. The zero-order valence-electron chi connectivity index (χ0n) is 18.3. The van der Waals surface area contributed by atoms with Crippen LogP contribution in [0.2, 0.25) is 0 Å². The van der Waals surface area contributed by atoms with Crippen molar-refractivity contribution in [1.29, 1.82) is 0 Å². The monoisotopic (exact) mass is 432 g/mol. The lowest BCUT2D eigenvalue weighted by Gasteiger charge is -2.22. The molecule has 3 atom stereocenters. The quantitative estimate of drug-likeness (QED) is 0.617. The van der Waals surface area contributed by atoms with E-state index in [-0.39, 0.29) is 42.0 Å². The van der Waals surface area contributed by atoms with E-state index in [1.165, 1.54) is 12.0 Å². The first kappa shape index (κ1) is 22.6. The number of hydrogen-bond donors (Lipinski definition) is 2. The van der Waals surface area contributed by atoms with E-state index in [4.69, 9.17) is 4.74 Å². The number of nitrogens with one attached hydrogen (secondary N) is 1. The molecule has 0 bridgehead atoms. The van der Waals surface area contributed by atoms with Gasteiger partial charge in [0.05, 0.1) is 25.8 Å². The minimum absolute atomic E-state index is 0.0286. The third-order valence-electron chi connectivity index (χ3n) is 5.58. The smallest absolute Gasteiger partial charge is 0.328 e. The molecule has 2 N–H and O–H groups in total. The van der Waals surface area contributed by atoms with E-state index in [2.05, 4.69) is 20.3 Å². The Kier molecular flexibility index (Phi) is 6.54. The van der Waals surface area contributed by atoms with Gasteiger partial charge >= 0.3 is 5.97 Å². The van der Waals surface area contributed by atoms with Crippen LogP contribution in [-0.4, -0.2) is 66.5 Å². The second-order valence-corrected chi connectivity index (χ2v) is 8.18. The van der Waals surface area contributed by atoms with Gasteiger partial charge in [0, 0.05) is 24.2 Å². The van der Waals surface area contributed by atoms with Gasteiger partial charge in [-0.2, -0.15) is 0 Å². The Morgan fingerprint density at radius 2 is 2.06 bits per heavy atom. The van der Waals surface area contributed by atoms with Crippen LogP contribution in [0.5, 0.6) is 0 Å². The fraction of sp³-hybridized carbons (Fsp3) is 0.600. The number of hydrogen-bond acceptors (Lipinski definition) is 8. The minimum atomic E-state index is -0.803. The van der Waals surface area contributed by atoms with Crippen LogP contribution in [0.15, 0.2) is 11.0 Å². The van der Waals surface area contributed by atoms with E-state index in [1.54, 1.807) is 24.7 Å². The van der Waals surface area contributed by atoms with Crippen molar-refractivity contribution in [3.05, 3.63) is 39.3 Å². The first-order valence-corrected chi connectivity index (χ1v) is 10.2. The van der Waals surface area contributed by atoms with Gasteiger partial charge in [-0.3, -0.25) is 9.59 Å². The number of aromatic nitrogens is 5. The van der Waals surface area contributed by atoms with E-state index in [1.807, 2.05) is 13.8 Å². The van der Waals surface area contributed by atoms with Crippen LogP contribution in [0.3, 0.4) is 0 Å². The lowest BCUT2D eigenvalue weighted by atomic mass is 10.1. The molecule has 0 aromatic carbocycles. The Hall–Kier alpha value is -3.08. The number of nitrogens with zero attached hydrogens (tertiary/aromatic N) is 5. The van der Waals surface area contributed by atoms with Gasteiger partial charge in [-0.15, -0.1) is 5.10 Å². The van der Waals surface area contributed by atoms with Crippen LogP contribution >= 0.6 is 0 Å². The molecule has 3 rings (SSSR count). The number of esters is 1. The SMILES string of the molecule is COC(=O)[C@@H]1C[C@H](n2cc([C@H](O)C(C)C)nn2)CN1C(=O)Cc1c(C)nc(C)[nH]c1=O. The van der Waals surface area contributed by atoms with Crippen LogP contribution in [0.1, 0.15) is 55.2 Å². The summed E-state index contributed by atoms with van der Waals surface area (Å²) in [5.41, 5.74) is 0.809. The first-order chi connectivity index (χ1) is 14.6. The van der Waals surface area contributed by atoms with Crippen molar-refractivity contribution in [2.24, 2.45) is 5.92 Å². The average molecular weight is 432 g/mol. The third-order valence-corrected chi connectivity index (χ3v) is 5.58. The number of amides is 1. The van der Waals surface area contributed by atoms with Crippen molar-refractivity contribution in [2.45, 2.75) is 58.7 Å². The van der Waals surface area contributed by atoms with Crippen LogP contribution in [0, 0.1) is 19.8 Å². The van der Waals surface area contributed by atoms with Gasteiger partial charge in [0.25, 0.3) is 5.56 Å². The molecule has 2 aromatic rings. The molecule has 0 aliphatic carbocycles. The van der Waals surface area contributed by atoms with E-state index >= 15 is 0 Å².